The molecule has 51 heavy (non-hydrogen) atoms. The van der Waals surface area contributed by atoms with Crippen LogP contribution in [0.25, 0.3) is 33.2 Å². The van der Waals surface area contributed by atoms with Crippen LogP contribution in [0.5, 0.6) is 5.75 Å². The average Bonchev–Trinajstić information content (AvgIpc) is 3.98. The van der Waals surface area contributed by atoms with Crippen molar-refractivity contribution in [3.63, 3.8) is 0 Å². The van der Waals surface area contributed by atoms with E-state index in [1.165, 1.54) is 45.5 Å². The molecule has 11 heteroatoms. The summed E-state index contributed by atoms with van der Waals surface area (Å²) in [5, 5.41) is 4.90. The second-order valence-corrected chi connectivity index (χ2v) is 14.4. The van der Waals surface area contributed by atoms with Gasteiger partial charge in [0, 0.05) is 50.3 Å². The molecule has 8 rings (SSSR count). The topological polar surface area (TPSA) is 127 Å². The van der Waals surface area contributed by atoms with Crippen molar-refractivity contribution in [3.05, 3.63) is 65.6 Å². The third-order valence-electron chi connectivity index (χ3n) is 11.3. The van der Waals surface area contributed by atoms with Crippen molar-refractivity contribution in [2.75, 3.05) is 34.5 Å². The van der Waals surface area contributed by atoms with Gasteiger partial charge >= 0.3 is 6.09 Å². The summed E-state index contributed by atoms with van der Waals surface area (Å²) in [6.07, 6.45) is 7.04. The highest BCUT2D eigenvalue weighted by Gasteiger charge is 2.43. The maximum atomic E-state index is 14.1. The van der Waals surface area contributed by atoms with E-state index in [-0.39, 0.29) is 17.9 Å². The molecule has 2 N–H and O–H groups in total. The summed E-state index contributed by atoms with van der Waals surface area (Å²) in [5.41, 5.74) is 8.56. The molecule has 4 aromatic rings. The minimum Gasteiger partial charge on any atom is -0.488 e. The van der Waals surface area contributed by atoms with Crippen molar-refractivity contribution in [1.82, 2.24) is 20.2 Å². The molecule has 2 fully saturated rings. The number of H-pyrrole nitrogens is 1. The van der Waals surface area contributed by atoms with Gasteiger partial charge in [0.1, 0.15) is 24.2 Å². The predicted octanol–water partition coefficient (Wildman–Crippen LogP) is 6.70. The fourth-order valence-corrected chi connectivity index (χ4v) is 8.50. The van der Waals surface area contributed by atoms with Gasteiger partial charge in [0.15, 0.2) is 0 Å². The van der Waals surface area contributed by atoms with E-state index in [9.17, 15) is 9.59 Å². The zero-order chi connectivity index (χ0) is 35.2. The number of aromatic amines is 1. The van der Waals surface area contributed by atoms with Crippen LogP contribution < -0.4 is 10.1 Å². The molecule has 266 valence electrons. The number of alkyl carbamates (subject to hydrolysis) is 1. The van der Waals surface area contributed by atoms with Crippen LogP contribution in [0.2, 0.25) is 0 Å². The second-order valence-electron chi connectivity index (χ2n) is 14.4. The molecule has 0 radical (unpaired) electrons. The average molecular weight is 692 g/mol. The lowest BCUT2D eigenvalue weighted by molar-refractivity contribution is -0.136. The summed E-state index contributed by atoms with van der Waals surface area (Å²) in [4.78, 5) is 41.6. The van der Waals surface area contributed by atoms with Crippen LogP contribution in [-0.4, -0.2) is 85.2 Å². The highest BCUT2D eigenvalue weighted by molar-refractivity contribution is 6.06. The number of carbonyl (C=O) groups excluding carboxylic acids is 2. The van der Waals surface area contributed by atoms with Crippen LogP contribution >= 0.6 is 0 Å². The zero-order valence-corrected chi connectivity index (χ0v) is 29.7. The largest absolute Gasteiger partial charge is 0.488 e. The van der Waals surface area contributed by atoms with Crippen LogP contribution in [0.1, 0.15) is 61.9 Å². The number of hydrogen-bond acceptors (Lipinski definition) is 8. The first-order valence-electron chi connectivity index (χ1n) is 18.0. The van der Waals surface area contributed by atoms with Crippen LogP contribution in [-0.2, 0) is 32.0 Å². The van der Waals surface area contributed by atoms with E-state index in [2.05, 4.69) is 52.8 Å². The molecule has 0 unspecified atom stereocenters. The Hall–Kier alpha value is -4.74. The van der Waals surface area contributed by atoms with E-state index >= 15 is 0 Å². The molecule has 3 aliphatic heterocycles. The minimum atomic E-state index is -0.909. The number of ether oxygens (including phenoxy) is 4. The summed E-state index contributed by atoms with van der Waals surface area (Å²) in [7, 11) is 4.48. The smallest absolute Gasteiger partial charge is 0.407 e. The number of nitrogens with zero attached hydrogens (tertiary/aromatic N) is 3. The maximum Gasteiger partial charge on any atom is 0.407 e. The van der Waals surface area contributed by atoms with Crippen molar-refractivity contribution < 1.29 is 28.5 Å². The first-order chi connectivity index (χ1) is 24.8. The Kier molecular flexibility index (Phi) is 9.02. The van der Waals surface area contributed by atoms with E-state index in [0.29, 0.717) is 38.5 Å². The number of aliphatic imine (C=N–C) groups is 1. The summed E-state index contributed by atoms with van der Waals surface area (Å²) in [6.45, 7) is 3.27. The summed E-state index contributed by atoms with van der Waals surface area (Å²) < 4.78 is 22.3. The normalized spacial score (nSPS) is 20.7. The van der Waals surface area contributed by atoms with Gasteiger partial charge in [0.25, 0.3) is 0 Å². The molecule has 3 aromatic carbocycles. The number of methoxy groups -OCH3 is 3. The number of amides is 2. The lowest BCUT2D eigenvalue weighted by Gasteiger charge is -2.31. The van der Waals surface area contributed by atoms with Crippen LogP contribution in [0.4, 0.5) is 10.5 Å². The van der Waals surface area contributed by atoms with Gasteiger partial charge in [-0.1, -0.05) is 31.0 Å². The van der Waals surface area contributed by atoms with Gasteiger partial charge in [0.05, 0.1) is 43.4 Å². The fourth-order valence-electron chi connectivity index (χ4n) is 8.50. The number of carbonyl (C=O) groups is 2. The SMILES string of the molecule is COC[C@H]1C[C@@H](C2=Nc3ccc4cc5c(cc4c3C2)OCc2cc(-c3cnc(C4CCCC4)[nH]3)ccc2-5)N(C(=O)[C@@H](NC(=O)OC)[C@@H](C)OC)C1. The molecular weight excluding hydrogens is 646 g/mol. The quantitative estimate of drug-likeness (QED) is 0.200. The molecule has 11 nitrogen and oxygen atoms in total. The van der Waals surface area contributed by atoms with E-state index in [0.717, 1.165) is 61.7 Å². The summed E-state index contributed by atoms with van der Waals surface area (Å²) in [5.74, 6) is 2.41. The lowest BCUT2D eigenvalue weighted by atomic mass is 9.90. The van der Waals surface area contributed by atoms with Crippen molar-refractivity contribution in [2.45, 2.75) is 76.2 Å². The fraction of sp³-hybridized carbons (Fsp3) is 0.450. The molecule has 4 atom stereocenters. The number of aromatic nitrogens is 2. The molecule has 1 saturated heterocycles. The Morgan fingerprint density at radius 1 is 1.08 bits per heavy atom. The lowest BCUT2D eigenvalue weighted by Crippen LogP contribution is -2.56. The van der Waals surface area contributed by atoms with Gasteiger partial charge in [0.2, 0.25) is 5.91 Å². The van der Waals surface area contributed by atoms with Gasteiger partial charge in [-0.2, -0.15) is 0 Å². The first kappa shape index (κ1) is 33.4. The van der Waals surface area contributed by atoms with Gasteiger partial charge in [-0.3, -0.25) is 9.79 Å². The second kappa shape index (κ2) is 13.8. The Morgan fingerprint density at radius 2 is 1.92 bits per heavy atom. The third kappa shape index (κ3) is 6.16. The highest BCUT2D eigenvalue weighted by Crippen LogP contribution is 2.45. The van der Waals surface area contributed by atoms with Crippen LogP contribution in [0.15, 0.2) is 53.7 Å². The number of likely N-dealkylation sites (tertiary alicyclic amines) is 1. The minimum absolute atomic E-state index is 0.132. The number of fused-ring (bicyclic) bond motifs is 6. The van der Waals surface area contributed by atoms with Crippen molar-refractivity contribution in [3.8, 4) is 28.1 Å². The molecule has 4 heterocycles. The standard InChI is InChI=1S/C40H45N5O6/c1-22(49-3)37(44-40(47)50-4)39(46)45-19-23(20-48-2)13-35(45)33-16-30-29-17-36-31(15-25(29)10-12-32(30)42-33)28-11-9-26(14-27(28)21-51-36)34-18-41-38(43-34)24-7-5-6-8-24/h9-12,14-15,17-18,22-24,35,37H,5-8,13,16,19-21H2,1-4H3,(H,41,43)(H,44,47)/t22-,23+,35+,37+/m1/s1. The number of nitrogens with one attached hydrogen (secondary N) is 2. The molecule has 1 saturated carbocycles. The van der Waals surface area contributed by atoms with Crippen molar-refractivity contribution >= 4 is 34.2 Å². The monoisotopic (exact) mass is 691 g/mol. The van der Waals surface area contributed by atoms with E-state index in [1.807, 2.05) is 11.1 Å². The van der Waals surface area contributed by atoms with Crippen LogP contribution in [0, 0.1) is 5.92 Å². The number of imidazole rings is 1. The first-order valence-corrected chi connectivity index (χ1v) is 18.0. The molecule has 4 aliphatic rings. The van der Waals surface area contributed by atoms with E-state index < -0.39 is 18.2 Å². The third-order valence-corrected chi connectivity index (χ3v) is 11.3. The molecular formula is C40H45N5O6. The van der Waals surface area contributed by atoms with Gasteiger partial charge < -0.3 is 34.1 Å². The number of rotatable bonds is 9. The van der Waals surface area contributed by atoms with E-state index in [4.69, 9.17) is 28.9 Å². The Bertz CT molecular complexity index is 2020. The number of benzene rings is 3. The predicted molar refractivity (Wildman–Crippen MR) is 195 cm³/mol. The zero-order valence-electron chi connectivity index (χ0n) is 29.7. The molecule has 0 bridgehead atoms. The van der Waals surface area contributed by atoms with E-state index in [1.54, 1.807) is 14.0 Å². The maximum absolute atomic E-state index is 14.1. The van der Waals surface area contributed by atoms with Crippen LogP contribution in [0.3, 0.4) is 0 Å². The molecule has 2 amide bonds. The highest BCUT2D eigenvalue weighted by atomic mass is 16.5. The summed E-state index contributed by atoms with van der Waals surface area (Å²) in [6, 6.07) is 14.0. The van der Waals surface area contributed by atoms with Crippen molar-refractivity contribution in [2.24, 2.45) is 10.9 Å². The number of hydrogen-bond donors (Lipinski definition) is 2. The van der Waals surface area contributed by atoms with Gasteiger partial charge in [-0.05, 0) is 83.5 Å². The van der Waals surface area contributed by atoms with Gasteiger partial charge in [-0.25, -0.2) is 9.78 Å². The Morgan fingerprint density at radius 3 is 2.71 bits per heavy atom. The van der Waals surface area contributed by atoms with Gasteiger partial charge in [-0.15, -0.1) is 0 Å². The summed E-state index contributed by atoms with van der Waals surface area (Å²) >= 11 is 0. The Labute approximate surface area is 297 Å². The molecule has 0 spiro atoms. The molecule has 1 aromatic heterocycles. The Balaban J connectivity index is 1.06. The van der Waals surface area contributed by atoms with Crippen molar-refractivity contribution in [1.29, 1.82) is 0 Å². The molecule has 1 aliphatic carbocycles.